The average Bonchev–Trinajstić information content (AvgIpc) is 3.00. The van der Waals surface area contributed by atoms with Gasteiger partial charge < -0.3 is 19.9 Å². The number of amides is 1. The molecule has 23 heavy (non-hydrogen) atoms. The quantitative estimate of drug-likeness (QED) is 0.714. The van der Waals surface area contributed by atoms with E-state index in [4.69, 9.17) is 26.2 Å². The van der Waals surface area contributed by atoms with E-state index >= 15 is 0 Å². The summed E-state index contributed by atoms with van der Waals surface area (Å²) in [6.07, 6.45) is -0.613. The molecule has 1 aromatic heterocycles. The molecule has 0 aliphatic carbocycles. The molecule has 0 aliphatic heterocycles. The van der Waals surface area contributed by atoms with Gasteiger partial charge in [-0.2, -0.15) is 5.10 Å². The Bertz CT molecular complexity index is 672. The lowest BCUT2D eigenvalue weighted by atomic mass is 10.3. The number of rotatable bonds is 7. The number of hydrogen-bond donors (Lipinski definition) is 3. The summed E-state index contributed by atoms with van der Waals surface area (Å²) in [5.41, 5.74) is 0.851. The maximum atomic E-state index is 11.8. The molecule has 1 atom stereocenters. The van der Waals surface area contributed by atoms with Gasteiger partial charge in [0.2, 0.25) is 0 Å². The molecule has 3 N–H and O–H groups in total. The zero-order valence-corrected chi connectivity index (χ0v) is 13.6. The monoisotopic (exact) mass is 339 g/mol. The van der Waals surface area contributed by atoms with Crippen LogP contribution in [0.2, 0.25) is 5.02 Å². The Balaban J connectivity index is 1.93. The number of hydrogen-bond acceptors (Lipinski definition) is 5. The number of aliphatic hydroxyl groups is 1. The third-order valence-corrected chi connectivity index (χ3v) is 3.24. The van der Waals surface area contributed by atoms with E-state index in [1.807, 2.05) is 0 Å². The van der Waals surface area contributed by atoms with Gasteiger partial charge in [0.25, 0.3) is 5.91 Å². The van der Waals surface area contributed by atoms with Crippen molar-refractivity contribution in [2.45, 2.75) is 19.6 Å². The Morgan fingerprint density at radius 3 is 2.91 bits per heavy atom. The lowest BCUT2D eigenvalue weighted by molar-refractivity contribution is 0.0919. The number of nitrogens with one attached hydrogen (secondary N) is 2. The fraction of sp³-hybridized carbons (Fsp3) is 0.333. The van der Waals surface area contributed by atoms with E-state index < -0.39 is 6.10 Å². The van der Waals surface area contributed by atoms with Crippen LogP contribution in [0.4, 0.5) is 0 Å². The molecule has 0 fully saturated rings. The number of methoxy groups -OCH3 is 1. The van der Waals surface area contributed by atoms with Crippen molar-refractivity contribution >= 4 is 17.5 Å². The molecule has 1 aromatic carbocycles. The number of ether oxygens (including phenoxy) is 2. The molecule has 0 bridgehead atoms. The number of aliphatic hydroxyl groups excluding tert-OH is 1. The highest BCUT2D eigenvalue weighted by atomic mass is 35.5. The van der Waals surface area contributed by atoms with Gasteiger partial charge in [-0.05, 0) is 25.1 Å². The molecule has 1 heterocycles. The number of aromatic nitrogens is 2. The molecule has 0 unspecified atom stereocenters. The Labute approximate surface area is 138 Å². The molecule has 0 spiro atoms. The van der Waals surface area contributed by atoms with Crippen molar-refractivity contribution in [1.29, 1.82) is 0 Å². The van der Waals surface area contributed by atoms with Gasteiger partial charge in [0.15, 0.2) is 0 Å². The van der Waals surface area contributed by atoms with Gasteiger partial charge in [-0.1, -0.05) is 11.6 Å². The van der Waals surface area contributed by atoms with Gasteiger partial charge in [-0.25, -0.2) is 0 Å². The number of H-pyrrole nitrogens is 1. The number of carbonyl (C=O) groups excluding carboxylic acids is 1. The highest BCUT2D eigenvalue weighted by molar-refractivity contribution is 6.32. The van der Waals surface area contributed by atoms with Gasteiger partial charge >= 0.3 is 0 Å². The minimum absolute atomic E-state index is 0.166. The van der Waals surface area contributed by atoms with Crippen molar-refractivity contribution < 1.29 is 19.4 Å². The molecular formula is C15H18ClN3O4. The first-order valence-corrected chi connectivity index (χ1v) is 7.34. The predicted octanol–water partition coefficient (Wildman–Crippen LogP) is 1.76. The van der Waals surface area contributed by atoms with E-state index in [0.717, 1.165) is 0 Å². The Morgan fingerprint density at radius 2 is 2.26 bits per heavy atom. The second-order valence-corrected chi connectivity index (χ2v) is 5.33. The van der Waals surface area contributed by atoms with Crippen LogP contribution >= 0.6 is 11.6 Å². The van der Waals surface area contributed by atoms with Gasteiger partial charge in [-0.15, -0.1) is 0 Å². The zero-order valence-electron chi connectivity index (χ0n) is 12.8. The topological polar surface area (TPSA) is 96.5 Å². The number of nitrogens with zero attached hydrogens (tertiary/aromatic N) is 1. The first-order valence-electron chi connectivity index (χ1n) is 6.96. The number of aromatic amines is 1. The number of benzene rings is 1. The maximum Gasteiger partial charge on any atom is 0.271 e. The molecule has 1 amide bonds. The Hall–Kier alpha value is -2.25. The molecule has 124 valence electrons. The van der Waals surface area contributed by atoms with Gasteiger partial charge in [-0.3, -0.25) is 9.89 Å². The zero-order chi connectivity index (χ0) is 16.8. The fourth-order valence-electron chi connectivity index (χ4n) is 1.76. The highest BCUT2D eigenvalue weighted by Crippen LogP contribution is 2.29. The summed E-state index contributed by atoms with van der Waals surface area (Å²) in [5.74, 6) is 0.777. The fourth-order valence-corrected chi connectivity index (χ4v) is 1.99. The average molecular weight is 340 g/mol. The van der Waals surface area contributed by atoms with Crippen molar-refractivity contribution in [2.75, 3.05) is 13.7 Å². The highest BCUT2D eigenvalue weighted by Gasteiger charge is 2.12. The molecular weight excluding hydrogens is 322 g/mol. The van der Waals surface area contributed by atoms with E-state index in [1.165, 1.54) is 0 Å². The normalized spacial score (nSPS) is 11.8. The lowest BCUT2D eigenvalue weighted by Gasteiger charge is -2.08. The summed E-state index contributed by atoms with van der Waals surface area (Å²) in [6, 6.07) is 6.67. The van der Waals surface area contributed by atoms with Crippen molar-refractivity contribution in [2.24, 2.45) is 0 Å². The minimum Gasteiger partial charge on any atom is -0.497 e. The summed E-state index contributed by atoms with van der Waals surface area (Å²) in [6.45, 7) is 1.93. The van der Waals surface area contributed by atoms with Gasteiger partial charge in [0, 0.05) is 12.6 Å². The maximum absolute atomic E-state index is 11.8. The van der Waals surface area contributed by atoms with E-state index in [2.05, 4.69) is 15.5 Å². The van der Waals surface area contributed by atoms with Crippen molar-refractivity contribution in [1.82, 2.24) is 15.5 Å². The van der Waals surface area contributed by atoms with E-state index in [9.17, 15) is 4.79 Å². The summed E-state index contributed by atoms with van der Waals surface area (Å²) < 4.78 is 10.6. The van der Waals surface area contributed by atoms with Crippen LogP contribution < -0.4 is 14.8 Å². The first kappa shape index (κ1) is 17.1. The number of halogens is 1. The number of carbonyl (C=O) groups is 1. The summed E-state index contributed by atoms with van der Waals surface area (Å²) in [5, 5.41) is 18.8. The Kier molecular flexibility index (Phi) is 5.84. The second-order valence-electron chi connectivity index (χ2n) is 4.92. The molecule has 0 saturated heterocycles. The molecule has 7 nitrogen and oxygen atoms in total. The van der Waals surface area contributed by atoms with Crippen LogP contribution in [0, 0.1) is 0 Å². The first-order chi connectivity index (χ1) is 11.0. The molecule has 0 saturated carbocycles. The standard InChI is InChI=1S/C15H18ClN3O4/c1-9(20)7-17-15(21)13-5-10(18-19-13)8-23-14-4-3-11(22-2)6-12(14)16/h3-6,9,20H,7-8H2,1-2H3,(H,17,21)(H,18,19)/t9-/m0/s1. The summed E-state index contributed by atoms with van der Waals surface area (Å²) in [7, 11) is 1.56. The van der Waals surface area contributed by atoms with Gasteiger partial charge in [0.05, 0.1) is 23.9 Å². The van der Waals surface area contributed by atoms with E-state index in [0.29, 0.717) is 22.2 Å². The van der Waals surface area contributed by atoms with Crippen molar-refractivity contribution in [3.8, 4) is 11.5 Å². The van der Waals surface area contributed by atoms with Gasteiger partial charge in [0.1, 0.15) is 23.8 Å². The molecule has 0 radical (unpaired) electrons. The molecule has 2 rings (SSSR count). The van der Waals surface area contributed by atoms with Crippen LogP contribution in [0.3, 0.4) is 0 Å². The van der Waals surface area contributed by atoms with Crippen molar-refractivity contribution in [3.63, 3.8) is 0 Å². The predicted molar refractivity (Wildman–Crippen MR) is 84.9 cm³/mol. The Morgan fingerprint density at radius 1 is 1.48 bits per heavy atom. The summed E-state index contributed by atoms with van der Waals surface area (Å²) >= 11 is 6.08. The van der Waals surface area contributed by atoms with Crippen LogP contribution in [0.1, 0.15) is 23.1 Å². The van der Waals surface area contributed by atoms with Crippen LogP contribution in [-0.2, 0) is 6.61 Å². The minimum atomic E-state index is -0.613. The SMILES string of the molecule is COc1ccc(OCc2cc(C(=O)NC[C@H](C)O)n[nH]2)c(Cl)c1. The second kappa shape index (κ2) is 7.85. The van der Waals surface area contributed by atoms with Crippen LogP contribution in [-0.4, -0.2) is 41.0 Å². The van der Waals surface area contributed by atoms with Crippen LogP contribution in [0.15, 0.2) is 24.3 Å². The van der Waals surface area contributed by atoms with E-state index in [1.54, 1.807) is 38.3 Å². The third-order valence-electron chi connectivity index (χ3n) is 2.94. The third kappa shape index (κ3) is 4.87. The summed E-state index contributed by atoms with van der Waals surface area (Å²) in [4.78, 5) is 11.8. The largest absolute Gasteiger partial charge is 0.497 e. The van der Waals surface area contributed by atoms with E-state index in [-0.39, 0.29) is 24.8 Å². The lowest BCUT2D eigenvalue weighted by Crippen LogP contribution is -2.30. The molecule has 8 heteroatoms. The van der Waals surface area contributed by atoms with Crippen LogP contribution in [0.5, 0.6) is 11.5 Å². The molecule has 0 aliphatic rings. The van der Waals surface area contributed by atoms with Crippen LogP contribution in [0.25, 0.3) is 0 Å². The van der Waals surface area contributed by atoms with Crippen molar-refractivity contribution in [3.05, 3.63) is 40.7 Å². The molecule has 2 aromatic rings. The smallest absolute Gasteiger partial charge is 0.271 e.